The summed E-state index contributed by atoms with van der Waals surface area (Å²) >= 11 is 5.91. The molecule has 1 fully saturated rings. The largest absolute Gasteiger partial charge is 0.360 e. The van der Waals surface area contributed by atoms with E-state index in [4.69, 9.17) is 20.6 Å². The Labute approximate surface area is 160 Å². The Bertz CT molecular complexity index is 937. The first-order valence-electron chi connectivity index (χ1n) is 8.67. The van der Waals surface area contributed by atoms with Crippen molar-refractivity contribution >= 4 is 23.4 Å². The number of aryl methyl sites for hydroxylation is 1. The molecular formula is C18H18ClN5O3. The van der Waals surface area contributed by atoms with Gasteiger partial charge in [0.2, 0.25) is 11.7 Å². The van der Waals surface area contributed by atoms with Crippen molar-refractivity contribution in [2.75, 3.05) is 18.4 Å². The van der Waals surface area contributed by atoms with Gasteiger partial charge in [-0.25, -0.2) is 4.79 Å². The van der Waals surface area contributed by atoms with E-state index in [0.717, 1.165) is 18.4 Å². The number of likely N-dealkylation sites (tertiary alicyclic amines) is 1. The van der Waals surface area contributed by atoms with E-state index in [-0.39, 0.29) is 11.9 Å². The Morgan fingerprint density at radius 2 is 2.07 bits per heavy atom. The summed E-state index contributed by atoms with van der Waals surface area (Å²) in [5.41, 5.74) is 0.834. The SMILES string of the molecule is Cc1cc(NC(=O)N2CCCC(c3nc(-c4ccc(Cl)cc4)no3)C2)no1. The van der Waals surface area contributed by atoms with Gasteiger partial charge in [0.15, 0.2) is 5.82 Å². The highest BCUT2D eigenvalue weighted by molar-refractivity contribution is 6.30. The lowest BCUT2D eigenvalue weighted by atomic mass is 9.98. The van der Waals surface area contributed by atoms with Crippen LogP contribution >= 0.6 is 11.6 Å². The summed E-state index contributed by atoms with van der Waals surface area (Å²) in [4.78, 5) is 18.7. The molecule has 1 aromatic carbocycles. The van der Waals surface area contributed by atoms with Gasteiger partial charge in [-0.2, -0.15) is 4.98 Å². The monoisotopic (exact) mass is 387 g/mol. The molecule has 0 bridgehead atoms. The van der Waals surface area contributed by atoms with Crippen LogP contribution in [0.25, 0.3) is 11.4 Å². The average Bonchev–Trinajstić information content (AvgIpc) is 3.32. The molecule has 2 aromatic heterocycles. The molecule has 1 aliphatic heterocycles. The van der Waals surface area contributed by atoms with Crippen LogP contribution in [0.5, 0.6) is 0 Å². The van der Waals surface area contributed by atoms with Crippen LogP contribution in [0.1, 0.15) is 30.4 Å². The summed E-state index contributed by atoms with van der Waals surface area (Å²) in [7, 11) is 0. The van der Waals surface area contributed by atoms with Crippen molar-refractivity contribution in [3.05, 3.63) is 47.0 Å². The zero-order valence-electron chi connectivity index (χ0n) is 14.7. The fraction of sp³-hybridized carbons (Fsp3) is 0.333. The molecule has 2 amide bonds. The van der Waals surface area contributed by atoms with E-state index in [1.54, 1.807) is 30.0 Å². The normalized spacial score (nSPS) is 17.1. The smallest absolute Gasteiger partial charge is 0.323 e. The molecule has 1 atom stereocenters. The van der Waals surface area contributed by atoms with E-state index in [2.05, 4.69) is 20.6 Å². The van der Waals surface area contributed by atoms with Gasteiger partial charge in [0.05, 0.1) is 5.92 Å². The Morgan fingerprint density at radius 3 is 2.81 bits per heavy atom. The zero-order chi connectivity index (χ0) is 18.8. The maximum absolute atomic E-state index is 12.5. The van der Waals surface area contributed by atoms with Crippen molar-refractivity contribution in [2.24, 2.45) is 0 Å². The molecule has 27 heavy (non-hydrogen) atoms. The quantitative estimate of drug-likeness (QED) is 0.726. The Hall–Kier alpha value is -2.87. The minimum atomic E-state index is -0.217. The van der Waals surface area contributed by atoms with Gasteiger partial charge in [-0.15, -0.1) is 0 Å². The van der Waals surface area contributed by atoms with Gasteiger partial charge in [0, 0.05) is 29.7 Å². The van der Waals surface area contributed by atoms with E-state index in [1.165, 1.54) is 0 Å². The van der Waals surface area contributed by atoms with Crippen molar-refractivity contribution in [3.63, 3.8) is 0 Å². The molecule has 1 saturated heterocycles. The maximum Gasteiger partial charge on any atom is 0.323 e. The van der Waals surface area contributed by atoms with Crippen LogP contribution in [0.15, 0.2) is 39.4 Å². The first-order chi connectivity index (χ1) is 13.1. The van der Waals surface area contributed by atoms with Crippen LogP contribution in [-0.2, 0) is 0 Å². The van der Waals surface area contributed by atoms with E-state index in [0.29, 0.717) is 41.4 Å². The molecule has 0 radical (unpaired) electrons. The number of amides is 2. The highest BCUT2D eigenvalue weighted by Gasteiger charge is 2.29. The number of benzene rings is 1. The first-order valence-corrected chi connectivity index (χ1v) is 9.05. The second kappa shape index (κ2) is 7.40. The molecule has 3 aromatic rings. The van der Waals surface area contributed by atoms with Gasteiger partial charge in [0.25, 0.3) is 0 Å². The molecule has 140 valence electrons. The van der Waals surface area contributed by atoms with Gasteiger partial charge in [-0.05, 0) is 44.0 Å². The summed E-state index contributed by atoms with van der Waals surface area (Å²) in [6.07, 6.45) is 1.74. The van der Waals surface area contributed by atoms with Crippen LogP contribution < -0.4 is 5.32 Å². The number of carbonyl (C=O) groups is 1. The van der Waals surface area contributed by atoms with Crippen molar-refractivity contribution < 1.29 is 13.8 Å². The summed E-state index contributed by atoms with van der Waals surface area (Å²) in [6.45, 7) is 2.94. The molecule has 4 rings (SSSR count). The molecule has 8 nitrogen and oxygen atoms in total. The highest BCUT2D eigenvalue weighted by atomic mass is 35.5. The second-order valence-electron chi connectivity index (χ2n) is 6.50. The molecule has 1 unspecified atom stereocenters. The molecule has 1 aliphatic rings. The number of nitrogens with one attached hydrogen (secondary N) is 1. The minimum absolute atomic E-state index is 0.00269. The minimum Gasteiger partial charge on any atom is -0.360 e. The van der Waals surface area contributed by atoms with Crippen LogP contribution in [0, 0.1) is 6.92 Å². The lowest BCUT2D eigenvalue weighted by molar-refractivity contribution is 0.184. The van der Waals surface area contributed by atoms with Gasteiger partial charge >= 0.3 is 6.03 Å². The molecule has 3 heterocycles. The van der Waals surface area contributed by atoms with E-state index in [1.807, 2.05) is 12.1 Å². The van der Waals surface area contributed by atoms with Crippen molar-refractivity contribution in [2.45, 2.75) is 25.7 Å². The topological polar surface area (TPSA) is 97.3 Å². The van der Waals surface area contributed by atoms with Crippen LogP contribution in [0.3, 0.4) is 0 Å². The highest BCUT2D eigenvalue weighted by Crippen LogP contribution is 2.28. The summed E-state index contributed by atoms with van der Waals surface area (Å²) in [6, 6.07) is 8.71. The third-order valence-corrected chi connectivity index (χ3v) is 4.72. The first kappa shape index (κ1) is 17.5. The Kier molecular flexibility index (Phi) is 4.81. The van der Waals surface area contributed by atoms with Crippen LogP contribution in [0.2, 0.25) is 5.02 Å². The molecule has 1 N–H and O–H groups in total. The molecule has 0 spiro atoms. The second-order valence-corrected chi connectivity index (χ2v) is 6.94. The molecular weight excluding hydrogens is 370 g/mol. The molecule has 9 heteroatoms. The zero-order valence-corrected chi connectivity index (χ0v) is 15.4. The van der Waals surface area contributed by atoms with Crippen LogP contribution in [0.4, 0.5) is 10.6 Å². The number of urea groups is 1. The predicted molar refractivity (Wildman–Crippen MR) is 98.6 cm³/mol. The standard InChI is InChI=1S/C18H18ClN5O3/c1-11-9-15(22-26-11)20-18(25)24-8-2-3-13(10-24)17-21-16(23-27-17)12-4-6-14(19)7-5-12/h4-7,9,13H,2-3,8,10H2,1H3,(H,20,22,25). The number of piperidine rings is 1. The van der Waals surface area contributed by atoms with Crippen molar-refractivity contribution in [3.8, 4) is 11.4 Å². The summed E-state index contributed by atoms with van der Waals surface area (Å²) in [5.74, 6) is 2.10. The lowest BCUT2D eigenvalue weighted by Crippen LogP contribution is -2.41. The summed E-state index contributed by atoms with van der Waals surface area (Å²) in [5, 5.41) is 11.2. The number of hydrogen-bond donors (Lipinski definition) is 1. The van der Waals surface area contributed by atoms with Gasteiger partial charge in [-0.3, -0.25) is 5.32 Å². The van der Waals surface area contributed by atoms with Gasteiger partial charge in [0.1, 0.15) is 5.76 Å². The number of anilines is 1. The number of rotatable bonds is 3. The molecule has 0 aliphatic carbocycles. The number of halogens is 1. The number of nitrogens with zero attached hydrogens (tertiary/aromatic N) is 4. The number of hydrogen-bond acceptors (Lipinski definition) is 6. The summed E-state index contributed by atoms with van der Waals surface area (Å²) < 4.78 is 10.4. The third kappa shape index (κ3) is 3.95. The van der Waals surface area contributed by atoms with E-state index in [9.17, 15) is 4.79 Å². The average molecular weight is 388 g/mol. The van der Waals surface area contributed by atoms with Gasteiger partial charge in [-0.1, -0.05) is 21.9 Å². The van der Waals surface area contributed by atoms with Crippen molar-refractivity contribution in [1.29, 1.82) is 0 Å². The Morgan fingerprint density at radius 1 is 1.26 bits per heavy atom. The number of aromatic nitrogens is 3. The third-order valence-electron chi connectivity index (χ3n) is 4.46. The van der Waals surface area contributed by atoms with E-state index >= 15 is 0 Å². The lowest BCUT2D eigenvalue weighted by Gasteiger charge is -2.30. The fourth-order valence-corrected chi connectivity index (χ4v) is 3.22. The molecule has 0 saturated carbocycles. The van der Waals surface area contributed by atoms with Crippen LogP contribution in [-0.4, -0.2) is 39.3 Å². The van der Waals surface area contributed by atoms with Crippen molar-refractivity contribution in [1.82, 2.24) is 20.2 Å². The van der Waals surface area contributed by atoms with Gasteiger partial charge < -0.3 is 13.9 Å². The predicted octanol–water partition coefficient (Wildman–Crippen LogP) is 4.10. The van der Waals surface area contributed by atoms with E-state index < -0.39 is 0 Å². The Balaban J connectivity index is 1.43. The fourth-order valence-electron chi connectivity index (χ4n) is 3.09. The maximum atomic E-state index is 12.5. The number of carbonyl (C=O) groups excluding carboxylic acids is 1.